The fraction of sp³-hybridized carbons (Fsp3) is 0.364. The number of hydrogen-bond donors (Lipinski definition) is 0. The van der Waals surface area contributed by atoms with Gasteiger partial charge in [0.2, 0.25) is 0 Å². The van der Waals surface area contributed by atoms with Crippen LogP contribution in [0.2, 0.25) is 0 Å². The number of aromatic nitrogens is 3. The first-order chi connectivity index (χ1) is 20.4. The number of rotatable bonds is 11. The van der Waals surface area contributed by atoms with Crippen molar-refractivity contribution in [2.45, 2.75) is 69.9 Å². The summed E-state index contributed by atoms with van der Waals surface area (Å²) in [4.78, 5) is 21.8. The molecule has 0 aliphatic heterocycles. The van der Waals surface area contributed by atoms with Gasteiger partial charge >= 0.3 is 0 Å². The van der Waals surface area contributed by atoms with Crippen molar-refractivity contribution in [2.75, 3.05) is 5.75 Å². The minimum atomic E-state index is -0.783. The quantitative estimate of drug-likeness (QED) is 0.130. The van der Waals surface area contributed by atoms with Crippen LogP contribution < -0.4 is 5.56 Å². The van der Waals surface area contributed by atoms with E-state index in [1.807, 2.05) is 37.3 Å². The lowest BCUT2D eigenvalue weighted by atomic mass is 9.89. The molecule has 1 aliphatic carbocycles. The highest BCUT2D eigenvalue weighted by Crippen LogP contribution is 2.29. The van der Waals surface area contributed by atoms with Crippen molar-refractivity contribution in [1.82, 2.24) is 14.5 Å². The average molecular weight is 594 g/mol. The molecule has 2 aromatic heterocycles. The van der Waals surface area contributed by atoms with Gasteiger partial charge in [0.25, 0.3) is 5.56 Å². The molecule has 0 N–H and O–H groups in total. The van der Waals surface area contributed by atoms with Gasteiger partial charge in [0.1, 0.15) is 11.6 Å². The Morgan fingerprint density at radius 1 is 0.976 bits per heavy atom. The van der Waals surface area contributed by atoms with E-state index in [1.165, 1.54) is 40.9 Å². The molecule has 1 aliphatic rings. The molecule has 5 rings (SSSR count). The topological polar surface area (TPSA) is 57.0 Å². The Hall–Kier alpha value is -3.43. The maximum absolute atomic E-state index is 14.7. The van der Waals surface area contributed by atoms with Crippen molar-refractivity contribution in [1.29, 1.82) is 0 Å². The number of nitrogens with zero attached hydrogens (tertiary/aromatic N) is 3. The highest BCUT2D eigenvalue weighted by Gasteiger charge is 2.18. The second kappa shape index (κ2) is 14.2. The van der Waals surface area contributed by atoms with E-state index < -0.39 is 23.0 Å². The lowest BCUT2D eigenvalue weighted by Crippen LogP contribution is -2.27. The molecule has 1 fully saturated rings. The Kier molecular flexibility index (Phi) is 10.1. The maximum Gasteiger partial charge on any atom is 0.286 e. The molecule has 2 aromatic carbocycles. The Balaban J connectivity index is 1.29. The van der Waals surface area contributed by atoms with Gasteiger partial charge in [0, 0.05) is 41.4 Å². The zero-order valence-electron chi connectivity index (χ0n) is 23.6. The number of aryl methyl sites for hydroxylation is 1. The molecule has 0 radical (unpaired) electrons. The number of ether oxygens (including phenoxy) is 1. The Morgan fingerprint density at radius 2 is 1.76 bits per heavy atom. The van der Waals surface area contributed by atoms with Crippen LogP contribution in [0.25, 0.3) is 11.3 Å². The van der Waals surface area contributed by atoms with Gasteiger partial charge in [-0.15, -0.1) is 0 Å². The molecule has 9 heteroatoms. The van der Waals surface area contributed by atoms with Crippen molar-refractivity contribution in [3.05, 3.63) is 111 Å². The van der Waals surface area contributed by atoms with Gasteiger partial charge in [-0.25, -0.2) is 23.1 Å². The van der Waals surface area contributed by atoms with E-state index in [4.69, 9.17) is 4.74 Å². The van der Waals surface area contributed by atoms with Gasteiger partial charge in [-0.05, 0) is 55.9 Å². The van der Waals surface area contributed by atoms with Crippen molar-refractivity contribution in [3.63, 3.8) is 0 Å². The highest BCUT2D eigenvalue weighted by atomic mass is 32.2. The SMILES string of the molecule is Cc1cc(-c2cc(F)c(=O)n(CC3CCCCC3)c2)nc(SCCC(OCc2ccc(F)cc2F)c2ccccc2)n1. The lowest BCUT2D eigenvalue weighted by Gasteiger charge is -2.22. The molecule has 4 aromatic rings. The summed E-state index contributed by atoms with van der Waals surface area (Å²) in [6.45, 7) is 2.37. The fourth-order valence-corrected chi connectivity index (χ4v) is 6.26. The maximum atomic E-state index is 14.7. The van der Waals surface area contributed by atoms with Gasteiger partial charge in [-0.3, -0.25) is 4.79 Å². The summed E-state index contributed by atoms with van der Waals surface area (Å²) in [5.74, 6) is -1.07. The van der Waals surface area contributed by atoms with Crippen LogP contribution in [0.4, 0.5) is 13.2 Å². The molecule has 0 bridgehead atoms. The summed E-state index contributed by atoms with van der Waals surface area (Å²) < 4.78 is 49.9. The molecule has 2 heterocycles. The summed E-state index contributed by atoms with van der Waals surface area (Å²) in [7, 11) is 0. The predicted molar refractivity (Wildman–Crippen MR) is 159 cm³/mol. The standard InChI is InChI=1S/C33H34F3N3O2S/c1-22-16-30(26-17-29(36)32(40)39(20-26)19-23-8-4-2-5-9-23)38-33(37-22)42-15-14-31(24-10-6-3-7-11-24)41-21-25-12-13-27(34)18-28(25)35/h3,6-7,10-13,16-18,20,23,31H,2,4-5,8-9,14-15,19,21H2,1H3. The Morgan fingerprint density at radius 3 is 2.52 bits per heavy atom. The third-order valence-corrected chi connectivity index (χ3v) is 8.47. The Bertz CT molecular complexity index is 1560. The van der Waals surface area contributed by atoms with Gasteiger partial charge in [-0.1, -0.05) is 67.4 Å². The van der Waals surface area contributed by atoms with Crippen molar-refractivity contribution < 1.29 is 17.9 Å². The summed E-state index contributed by atoms with van der Waals surface area (Å²) in [5.41, 5.74) is 2.47. The van der Waals surface area contributed by atoms with Crippen LogP contribution in [-0.4, -0.2) is 20.3 Å². The number of halogens is 3. The second-order valence-corrected chi connectivity index (χ2v) is 11.9. The first-order valence-electron chi connectivity index (χ1n) is 14.3. The van der Waals surface area contributed by atoms with Gasteiger partial charge in [-0.2, -0.15) is 0 Å². The molecular weight excluding hydrogens is 559 g/mol. The largest absolute Gasteiger partial charge is 0.369 e. The summed E-state index contributed by atoms with van der Waals surface area (Å²) >= 11 is 1.45. The predicted octanol–water partition coefficient (Wildman–Crippen LogP) is 8.05. The number of thioether (sulfide) groups is 1. The number of benzene rings is 2. The van der Waals surface area contributed by atoms with E-state index in [1.54, 1.807) is 12.3 Å². The van der Waals surface area contributed by atoms with Crippen LogP contribution in [0.15, 0.2) is 76.8 Å². The average Bonchev–Trinajstić information content (AvgIpc) is 2.98. The monoisotopic (exact) mass is 593 g/mol. The minimum absolute atomic E-state index is 0.00354. The lowest BCUT2D eigenvalue weighted by molar-refractivity contribution is 0.0363. The van der Waals surface area contributed by atoms with Gasteiger partial charge in [0.05, 0.1) is 18.4 Å². The van der Waals surface area contributed by atoms with E-state index in [0.717, 1.165) is 43.0 Å². The van der Waals surface area contributed by atoms with E-state index >= 15 is 0 Å². The summed E-state index contributed by atoms with van der Waals surface area (Å²) in [5, 5.41) is 0.534. The fourth-order valence-electron chi connectivity index (χ4n) is 5.38. The van der Waals surface area contributed by atoms with Crippen LogP contribution in [0.5, 0.6) is 0 Å². The van der Waals surface area contributed by atoms with Crippen LogP contribution in [0.1, 0.15) is 61.4 Å². The van der Waals surface area contributed by atoms with Gasteiger partial charge < -0.3 is 9.30 Å². The molecule has 42 heavy (non-hydrogen) atoms. The molecule has 220 valence electrons. The van der Waals surface area contributed by atoms with Crippen LogP contribution >= 0.6 is 11.8 Å². The van der Waals surface area contributed by atoms with Gasteiger partial charge in [0.15, 0.2) is 11.0 Å². The normalized spacial score (nSPS) is 14.7. The van der Waals surface area contributed by atoms with E-state index in [9.17, 15) is 18.0 Å². The molecule has 5 nitrogen and oxygen atoms in total. The van der Waals surface area contributed by atoms with E-state index in [0.29, 0.717) is 41.1 Å². The molecule has 1 atom stereocenters. The summed E-state index contributed by atoms with van der Waals surface area (Å²) in [6.07, 6.45) is 7.58. The first-order valence-corrected chi connectivity index (χ1v) is 15.3. The molecule has 0 spiro atoms. The molecular formula is C33H34F3N3O2S. The van der Waals surface area contributed by atoms with Crippen molar-refractivity contribution >= 4 is 11.8 Å². The zero-order chi connectivity index (χ0) is 29.5. The van der Waals surface area contributed by atoms with E-state index in [-0.39, 0.29) is 18.3 Å². The van der Waals surface area contributed by atoms with E-state index in [2.05, 4.69) is 9.97 Å². The molecule has 0 saturated heterocycles. The summed E-state index contributed by atoms with van der Waals surface area (Å²) in [6, 6.07) is 16.2. The number of hydrogen-bond acceptors (Lipinski definition) is 5. The van der Waals surface area contributed by atoms with Crippen LogP contribution in [-0.2, 0) is 17.9 Å². The smallest absolute Gasteiger partial charge is 0.286 e. The van der Waals surface area contributed by atoms with Crippen molar-refractivity contribution in [2.24, 2.45) is 5.92 Å². The minimum Gasteiger partial charge on any atom is -0.369 e. The van der Waals surface area contributed by atoms with Crippen LogP contribution in [0, 0.1) is 30.3 Å². The molecule has 1 saturated carbocycles. The van der Waals surface area contributed by atoms with Crippen molar-refractivity contribution in [3.8, 4) is 11.3 Å². The number of pyridine rings is 1. The zero-order valence-corrected chi connectivity index (χ0v) is 24.4. The second-order valence-electron chi connectivity index (χ2n) is 10.8. The highest BCUT2D eigenvalue weighted by molar-refractivity contribution is 7.99. The molecule has 1 unspecified atom stereocenters. The first kappa shape index (κ1) is 30.0. The third kappa shape index (κ3) is 7.89. The van der Waals surface area contributed by atoms with Crippen LogP contribution in [0.3, 0.4) is 0 Å². The third-order valence-electron chi connectivity index (χ3n) is 7.59. The molecule has 0 amide bonds. The Labute approximate surface area is 248 Å².